The number of benzene rings is 1. The molecule has 0 fully saturated rings. The minimum Gasteiger partial charge on any atom is -0.388 e. The molecular weight excluding hydrogens is 271 g/mol. The Morgan fingerprint density at radius 1 is 1.35 bits per heavy atom. The second kappa shape index (κ2) is 5.51. The second-order valence-electron chi connectivity index (χ2n) is 4.34. The van der Waals surface area contributed by atoms with Crippen molar-refractivity contribution in [2.24, 2.45) is 0 Å². The van der Waals surface area contributed by atoms with E-state index in [9.17, 15) is 18.3 Å². The number of aliphatic hydroxyl groups is 1. The molecular formula is C13H12F3N3O. The SMILES string of the molecule is [C-]#[N+]c1ccc2c(c1)nc(CO)n2CCCC(F)(F)F. The zero-order valence-corrected chi connectivity index (χ0v) is 10.5. The number of imidazole rings is 1. The Balaban J connectivity index is 2.29. The summed E-state index contributed by atoms with van der Waals surface area (Å²) in [5, 5.41) is 9.24. The molecule has 0 aliphatic heterocycles. The molecule has 0 bridgehead atoms. The van der Waals surface area contributed by atoms with Crippen LogP contribution in [0.1, 0.15) is 18.7 Å². The van der Waals surface area contributed by atoms with Crippen LogP contribution < -0.4 is 0 Å². The highest BCUT2D eigenvalue weighted by molar-refractivity contribution is 5.80. The van der Waals surface area contributed by atoms with Gasteiger partial charge < -0.3 is 9.67 Å². The highest BCUT2D eigenvalue weighted by atomic mass is 19.4. The highest BCUT2D eigenvalue weighted by Crippen LogP contribution is 2.25. The monoisotopic (exact) mass is 283 g/mol. The first-order chi connectivity index (χ1) is 9.44. The van der Waals surface area contributed by atoms with Crippen molar-refractivity contribution in [1.82, 2.24) is 9.55 Å². The molecule has 7 heteroatoms. The van der Waals surface area contributed by atoms with Crippen molar-refractivity contribution < 1.29 is 18.3 Å². The van der Waals surface area contributed by atoms with E-state index < -0.39 is 12.6 Å². The van der Waals surface area contributed by atoms with Crippen molar-refractivity contribution in [1.29, 1.82) is 0 Å². The van der Waals surface area contributed by atoms with E-state index in [4.69, 9.17) is 6.57 Å². The first-order valence-corrected chi connectivity index (χ1v) is 5.99. The van der Waals surface area contributed by atoms with Crippen molar-refractivity contribution >= 4 is 16.7 Å². The zero-order chi connectivity index (χ0) is 14.8. The van der Waals surface area contributed by atoms with E-state index in [0.717, 1.165) is 0 Å². The Morgan fingerprint density at radius 3 is 2.70 bits per heavy atom. The van der Waals surface area contributed by atoms with Gasteiger partial charge in [0.15, 0.2) is 5.69 Å². The van der Waals surface area contributed by atoms with Gasteiger partial charge in [-0.05, 0) is 18.6 Å². The van der Waals surface area contributed by atoms with Crippen LogP contribution in [0, 0.1) is 6.57 Å². The summed E-state index contributed by atoms with van der Waals surface area (Å²) in [5.74, 6) is 0.310. The topological polar surface area (TPSA) is 42.4 Å². The van der Waals surface area contributed by atoms with Crippen molar-refractivity contribution in [2.45, 2.75) is 32.2 Å². The van der Waals surface area contributed by atoms with E-state index in [1.807, 2.05) is 0 Å². The number of rotatable bonds is 4. The molecule has 1 aromatic heterocycles. The molecule has 0 saturated carbocycles. The number of alkyl halides is 3. The molecule has 0 amide bonds. The van der Waals surface area contributed by atoms with Gasteiger partial charge in [0.2, 0.25) is 0 Å². The average molecular weight is 283 g/mol. The minimum absolute atomic E-state index is 0.0769. The third-order valence-corrected chi connectivity index (χ3v) is 2.92. The molecule has 0 aliphatic rings. The maximum absolute atomic E-state index is 12.2. The lowest BCUT2D eigenvalue weighted by atomic mass is 10.2. The smallest absolute Gasteiger partial charge is 0.388 e. The maximum Gasteiger partial charge on any atom is 0.389 e. The van der Waals surface area contributed by atoms with Crippen molar-refractivity contribution in [2.75, 3.05) is 0 Å². The van der Waals surface area contributed by atoms with Gasteiger partial charge in [-0.3, -0.25) is 0 Å². The van der Waals surface area contributed by atoms with Crippen LogP contribution in [-0.4, -0.2) is 20.8 Å². The van der Waals surface area contributed by atoms with Crippen LogP contribution >= 0.6 is 0 Å². The third-order valence-electron chi connectivity index (χ3n) is 2.92. The summed E-state index contributed by atoms with van der Waals surface area (Å²) in [5.41, 5.74) is 1.54. The van der Waals surface area contributed by atoms with Crippen LogP contribution in [0.5, 0.6) is 0 Å². The summed E-state index contributed by atoms with van der Waals surface area (Å²) in [6.07, 6.45) is -5.14. The van der Waals surface area contributed by atoms with E-state index >= 15 is 0 Å². The quantitative estimate of drug-likeness (QED) is 0.874. The van der Waals surface area contributed by atoms with E-state index in [2.05, 4.69) is 9.83 Å². The van der Waals surface area contributed by atoms with Gasteiger partial charge >= 0.3 is 6.18 Å². The summed E-state index contributed by atoms with van der Waals surface area (Å²) in [7, 11) is 0. The van der Waals surface area contributed by atoms with Crippen LogP contribution in [0.25, 0.3) is 15.9 Å². The minimum atomic E-state index is -4.19. The van der Waals surface area contributed by atoms with Crippen molar-refractivity contribution in [3.05, 3.63) is 35.4 Å². The summed E-state index contributed by atoms with van der Waals surface area (Å²) < 4.78 is 38.1. The molecule has 2 aromatic rings. The van der Waals surface area contributed by atoms with Gasteiger partial charge in [0.25, 0.3) is 0 Å². The third kappa shape index (κ3) is 3.08. The fraction of sp³-hybridized carbons (Fsp3) is 0.385. The molecule has 0 saturated heterocycles. The molecule has 0 aliphatic carbocycles. The Morgan fingerprint density at radius 2 is 2.10 bits per heavy atom. The number of hydrogen-bond donors (Lipinski definition) is 1. The number of fused-ring (bicyclic) bond motifs is 1. The number of aromatic nitrogens is 2. The zero-order valence-electron chi connectivity index (χ0n) is 10.5. The molecule has 20 heavy (non-hydrogen) atoms. The largest absolute Gasteiger partial charge is 0.389 e. The molecule has 0 radical (unpaired) electrons. The van der Waals surface area contributed by atoms with E-state index in [0.29, 0.717) is 22.5 Å². The van der Waals surface area contributed by atoms with Gasteiger partial charge in [-0.2, -0.15) is 13.2 Å². The van der Waals surface area contributed by atoms with Gasteiger partial charge in [-0.25, -0.2) is 9.83 Å². The Kier molecular flexibility index (Phi) is 3.95. The van der Waals surface area contributed by atoms with Gasteiger partial charge in [-0.15, -0.1) is 0 Å². The molecule has 2 rings (SSSR count). The molecule has 0 unspecified atom stereocenters. The van der Waals surface area contributed by atoms with Gasteiger partial charge in [0, 0.05) is 13.0 Å². The van der Waals surface area contributed by atoms with Gasteiger partial charge in [0.1, 0.15) is 12.4 Å². The summed E-state index contributed by atoms with van der Waals surface area (Å²) in [6.45, 7) is 6.69. The van der Waals surface area contributed by atoms with Crippen LogP contribution in [0.3, 0.4) is 0 Å². The normalized spacial score (nSPS) is 11.8. The molecule has 4 nitrogen and oxygen atoms in total. The van der Waals surface area contributed by atoms with Crippen LogP contribution in [-0.2, 0) is 13.2 Å². The van der Waals surface area contributed by atoms with Gasteiger partial charge in [0.05, 0.1) is 17.6 Å². The Bertz CT molecular complexity index is 655. The predicted molar refractivity (Wildman–Crippen MR) is 67.2 cm³/mol. The van der Waals surface area contributed by atoms with E-state index in [-0.39, 0.29) is 19.6 Å². The maximum atomic E-state index is 12.2. The highest BCUT2D eigenvalue weighted by Gasteiger charge is 2.26. The molecule has 1 N–H and O–H groups in total. The number of halogens is 3. The lowest BCUT2D eigenvalue weighted by Crippen LogP contribution is -2.10. The number of nitrogens with zero attached hydrogens (tertiary/aromatic N) is 3. The Hall–Kier alpha value is -2.07. The van der Waals surface area contributed by atoms with Crippen molar-refractivity contribution in [3.8, 4) is 0 Å². The standard InChI is InChI=1S/C13H12F3N3O/c1-17-9-3-4-11-10(7-9)18-12(8-20)19(11)6-2-5-13(14,15)16/h3-4,7,20H,2,5-6,8H2. The lowest BCUT2D eigenvalue weighted by Gasteiger charge is -2.09. The summed E-state index contributed by atoms with van der Waals surface area (Å²) in [6, 6.07) is 4.78. The summed E-state index contributed by atoms with van der Waals surface area (Å²) in [4.78, 5) is 7.41. The van der Waals surface area contributed by atoms with Crippen LogP contribution in [0.15, 0.2) is 18.2 Å². The number of hydrogen-bond acceptors (Lipinski definition) is 2. The number of aliphatic hydroxyl groups excluding tert-OH is 1. The van der Waals surface area contributed by atoms with Gasteiger partial charge in [-0.1, -0.05) is 6.07 Å². The molecule has 1 heterocycles. The Labute approximate surface area is 113 Å². The first-order valence-electron chi connectivity index (χ1n) is 5.99. The lowest BCUT2D eigenvalue weighted by molar-refractivity contribution is -0.135. The second-order valence-corrected chi connectivity index (χ2v) is 4.34. The molecule has 0 atom stereocenters. The molecule has 0 spiro atoms. The summed E-state index contributed by atoms with van der Waals surface area (Å²) >= 11 is 0. The molecule has 106 valence electrons. The fourth-order valence-electron chi connectivity index (χ4n) is 2.05. The van der Waals surface area contributed by atoms with Crippen LogP contribution in [0.2, 0.25) is 0 Å². The van der Waals surface area contributed by atoms with E-state index in [1.165, 1.54) is 0 Å². The first kappa shape index (κ1) is 14.3. The fourth-order valence-corrected chi connectivity index (χ4v) is 2.05. The molecule has 1 aromatic carbocycles. The van der Waals surface area contributed by atoms with Crippen LogP contribution in [0.4, 0.5) is 18.9 Å². The number of aryl methyl sites for hydroxylation is 1. The average Bonchev–Trinajstić information content (AvgIpc) is 2.74. The predicted octanol–water partition coefficient (Wildman–Crippen LogP) is 3.42. The van der Waals surface area contributed by atoms with Crippen molar-refractivity contribution in [3.63, 3.8) is 0 Å². The van der Waals surface area contributed by atoms with E-state index in [1.54, 1.807) is 22.8 Å².